The fourth-order valence-electron chi connectivity index (χ4n) is 3.55. The first kappa shape index (κ1) is 19.8. The summed E-state index contributed by atoms with van der Waals surface area (Å²) in [6.45, 7) is 1.08. The number of fused-ring (bicyclic) bond motifs is 2. The van der Waals surface area contributed by atoms with Gasteiger partial charge in [0, 0.05) is 46.7 Å². The van der Waals surface area contributed by atoms with Crippen molar-refractivity contribution in [2.45, 2.75) is 13.0 Å². The summed E-state index contributed by atoms with van der Waals surface area (Å²) in [5, 5.41) is 1.39. The first-order chi connectivity index (χ1) is 13.9. The molecule has 148 valence electrons. The first-order valence-corrected chi connectivity index (χ1v) is 9.94. The lowest BCUT2D eigenvalue weighted by molar-refractivity contribution is 0.0474. The van der Waals surface area contributed by atoms with Crippen LogP contribution >= 0.6 is 23.2 Å². The van der Waals surface area contributed by atoms with Crippen molar-refractivity contribution in [3.05, 3.63) is 74.9 Å². The van der Waals surface area contributed by atoms with E-state index in [-0.39, 0.29) is 16.4 Å². The zero-order valence-corrected chi connectivity index (χ0v) is 17.3. The van der Waals surface area contributed by atoms with E-state index in [0.29, 0.717) is 17.1 Å². The third kappa shape index (κ3) is 3.99. The highest BCUT2D eigenvalue weighted by Gasteiger charge is 2.26. The molecule has 4 rings (SSSR count). The van der Waals surface area contributed by atoms with E-state index in [1.165, 1.54) is 12.1 Å². The van der Waals surface area contributed by atoms with Crippen LogP contribution in [-0.2, 0) is 17.7 Å². The number of aromatic nitrogens is 1. The predicted octanol–water partition coefficient (Wildman–Crippen LogP) is 4.57. The van der Waals surface area contributed by atoms with Crippen molar-refractivity contribution in [3.8, 4) is 0 Å². The second-order valence-corrected chi connectivity index (χ2v) is 7.88. The van der Waals surface area contributed by atoms with Gasteiger partial charge in [0.1, 0.15) is 0 Å². The van der Waals surface area contributed by atoms with Gasteiger partial charge in [-0.25, -0.2) is 4.79 Å². The van der Waals surface area contributed by atoms with Crippen molar-refractivity contribution in [1.29, 1.82) is 0 Å². The standard InChI is InChI=1S/C22H18Cl2N2O3/c1-26-9-8-19-16(11-26)21(15-4-2-3-5-18(15)25-19)22(28)29-12-20(27)14-7-6-13(23)10-17(14)24/h2-7,10H,8-9,11-12H2,1H3. The second kappa shape index (κ2) is 8.11. The van der Waals surface area contributed by atoms with E-state index in [4.69, 9.17) is 32.9 Å². The van der Waals surface area contributed by atoms with E-state index >= 15 is 0 Å². The Morgan fingerprint density at radius 1 is 1.17 bits per heavy atom. The molecule has 7 heteroatoms. The van der Waals surface area contributed by atoms with Crippen molar-refractivity contribution in [1.82, 2.24) is 9.88 Å². The molecular weight excluding hydrogens is 411 g/mol. The molecule has 29 heavy (non-hydrogen) atoms. The normalized spacial score (nSPS) is 13.9. The molecule has 2 aromatic carbocycles. The van der Waals surface area contributed by atoms with Gasteiger partial charge in [0.15, 0.2) is 6.61 Å². The van der Waals surface area contributed by atoms with Crippen LogP contribution < -0.4 is 0 Å². The van der Waals surface area contributed by atoms with Crippen LogP contribution in [0.5, 0.6) is 0 Å². The van der Waals surface area contributed by atoms with E-state index in [9.17, 15) is 9.59 Å². The minimum atomic E-state index is -0.534. The van der Waals surface area contributed by atoms with Crippen LogP contribution in [0.3, 0.4) is 0 Å². The van der Waals surface area contributed by atoms with Gasteiger partial charge < -0.3 is 9.64 Å². The Kier molecular flexibility index (Phi) is 5.54. The molecule has 1 aromatic heterocycles. The van der Waals surface area contributed by atoms with Crippen LogP contribution in [0.1, 0.15) is 32.0 Å². The number of likely N-dealkylation sites (N-methyl/N-ethyl adjacent to an activating group) is 1. The molecule has 0 amide bonds. The molecule has 0 spiro atoms. The number of rotatable bonds is 4. The van der Waals surface area contributed by atoms with Crippen LogP contribution in [0.25, 0.3) is 10.9 Å². The first-order valence-electron chi connectivity index (χ1n) is 9.18. The third-order valence-electron chi connectivity index (χ3n) is 5.01. The van der Waals surface area contributed by atoms with Crippen LogP contribution in [0.2, 0.25) is 10.0 Å². The molecule has 0 saturated carbocycles. The average molecular weight is 429 g/mol. The van der Waals surface area contributed by atoms with Gasteiger partial charge in [-0.2, -0.15) is 0 Å². The smallest absolute Gasteiger partial charge is 0.339 e. The van der Waals surface area contributed by atoms with Crippen LogP contribution in [0.15, 0.2) is 42.5 Å². The molecular formula is C22H18Cl2N2O3. The fraction of sp³-hybridized carbons (Fsp3) is 0.227. The Hall–Kier alpha value is -2.47. The van der Waals surface area contributed by atoms with Crippen LogP contribution in [0, 0.1) is 0 Å². The van der Waals surface area contributed by atoms with Gasteiger partial charge in [0.05, 0.1) is 16.1 Å². The molecule has 0 bridgehead atoms. The van der Waals surface area contributed by atoms with Crippen molar-refractivity contribution < 1.29 is 14.3 Å². The number of carbonyl (C=O) groups excluding carboxylic acids is 2. The predicted molar refractivity (Wildman–Crippen MR) is 113 cm³/mol. The summed E-state index contributed by atoms with van der Waals surface area (Å²) in [6, 6.07) is 12.1. The summed E-state index contributed by atoms with van der Waals surface area (Å²) < 4.78 is 5.41. The molecule has 0 saturated heterocycles. The van der Waals surface area contributed by atoms with Gasteiger partial charge in [-0.15, -0.1) is 0 Å². The zero-order chi connectivity index (χ0) is 20.5. The van der Waals surface area contributed by atoms with Gasteiger partial charge in [0.25, 0.3) is 0 Å². The molecule has 0 unspecified atom stereocenters. The van der Waals surface area contributed by atoms with E-state index in [0.717, 1.165) is 35.1 Å². The van der Waals surface area contributed by atoms with E-state index in [1.807, 2.05) is 31.3 Å². The maximum absolute atomic E-state index is 13.0. The number of halogens is 2. The molecule has 3 aromatic rings. The molecule has 5 nitrogen and oxygen atoms in total. The lowest BCUT2D eigenvalue weighted by Gasteiger charge is -2.26. The minimum Gasteiger partial charge on any atom is -0.454 e. The number of hydrogen-bond donors (Lipinski definition) is 0. The minimum absolute atomic E-state index is 0.229. The highest BCUT2D eigenvalue weighted by atomic mass is 35.5. The number of carbonyl (C=O) groups is 2. The quantitative estimate of drug-likeness (QED) is 0.449. The van der Waals surface area contributed by atoms with Crippen molar-refractivity contribution >= 4 is 45.9 Å². The Morgan fingerprint density at radius 3 is 2.76 bits per heavy atom. The summed E-state index contributed by atoms with van der Waals surface area (Å²) >= 11 is 12.0. The Labute approximate surface area is 178 Å². The monoisotopic (exact) mass is 428 g/mol. The summed E-state index contributed by atoms with van der Waals surface area (Å²) in [6.07, 6.45) is 0.760. The van der Waals surface area contributed by atoms with Gasteiger partial charge in [0.2, 0.25) is 5.78 Å². The number of ether oxygens (including phenoxy) is 1. The Balaban J connectivity index is 1.64. The second-order valence-electron chi connectivity index (χ2n) is 7.04. The summed E-state index contributed by atoms with van der Waals surface area (Å²) in [5.74, 6) is -0.919. The maximum atomic E-state index is 13.0. The third-order valence-corrected chi connectivity index (χ3v) is 5.56. The number of esters is 1. The number of benzene rings is 2. The summed E-state index contributed by atoms with van der Waals surface area (Å²) in [4.78, 5) is 32.4. The number of pyridine rings is 1. The number of nitrogens with zero attached hydrogens (tertiary/aromatic N) is 2. The fourth-order valence-corrected chi connectivity index (χ4v) is 4.07. The Morgan fingerprint density at radius 2 is 1.97 bits per heavy atom. The summed E-state index contributed by atoms with van der Waals surface area (Å²) in [7, 11) is 2.00. The summed E-state index contributed by atoms with van der Waals surface area (Å²) in [5.41, 5.74) is 3.26. The molecule has 2 heterocycles. The molecule has 0 fully saturated rings. The zero-order valence-electron chi connectivity index (χ0n) is 15.7. The molecule has 0 radical (unpaired) electrons. The van der Waals surface area contributed by atoms with Crippen molar-refractivity contribution in [2.75, 3.05) is 20.2 Å². The van der Waals surface area contributed by atoms with Gasteiger partial charge in [-0.05, 0) is 31.3 Å². The number of para-hydroxylation sites is 1. The van der Waals surface area contributed by atoms with Crippen molar-refractivity contribution in [3.63, 3.8) is 0 Å². The molecule has 0 atom stereocenters. The lowest BCUT2D eigenvalue weighted by atomic mass is 9.96. The van der Waals surface area contributed by atoms with E-state index in [2.05, 4.69) is 4.90 Å². The Bertz CT molecular complexity index is 1130. The highest BCUT2D eigenvalue weighted by molar-refractivity contribution is 6.36. The SMILES string of the molecule is CN1CCc2nc3ccccc3c(C(=O)OCC(=O)c3ccc(Cl)cc3Cl)c2C1. The van der Waals surface area contributed by atoms with Gasteiger partial charge >= 0.3 is 5.97 Å². The van der Waals surface area contributed by atoms with Crippen molar-refractivity contribution in [2.24, 2.45) is 0 Å². The van der Waals surface area contributed by atoms with E-state index < -0.39 is 12.6 Å². The van der Waals surface area contributed by atoms with Crippen LogP contribution in [0.4, 0.5) is 0 Å². The number of Topliss-reactive ketones (excluding diaryl/α,β-unsaturated/α-hetero) is 1. The molecule has 1 aliphatic heterocycles. The van der Waals surface area contributed by atoms with Gasteiger partial charge in [-0.3, -0.25) is 9.78 Å². The largest absolute Gasteiger partial charge is 0.454 e. The topological polar surface area (TPSA) is 59.5 Å². The van der Waals surface area contributed by atoms with Crippen LogP contribution in [-0.4, -0.2) is 41.8 Å². The lowest BCUT2D eigenvalue weighted by Crippen LogP contribution is -2.29. The molecule has 0 N–H and O–H groups in total. The average Bonchev–Trinajstić information content (AvgIpc) is 2.70. The molecule has 0 aliphatic carbocycles. The van der Waals surface area contributed by atoms with E-state index in [1.54, 1.807) is 6.07 Å². The molecule has 1 aliphatic rings. The van der Waals surface area contributed by atoms with Gasteiger partial charge in [-0.1, -0.05) is 41.4 Å². The number of ketones is 1. The highest BCUT2D eigenvalue weighted by Crippen LogP contribution is 2.28. The maximum Gasteiger partial charge on any atom is 0.339 e. The number of hydrogen-bond acceptors (Lipinski definition) is 5.